The van der Waals surface area contributed by atoms with Gasteiger partial charge in [-0.25, -0.2) is 0 Å². The monoisotopic (exact) mass is 334 g/mol. The number of carbonyl (C=O) groups excluding carboxylic acids is 1. The number of amides is 1. The molecule has 6 nitrogen and oxygen atoms in total. The van der Waals surface area contributed by atoms with E-state index in [9.17, 15) is 4.79 Å². The highest BCUT2D eigenvalue weighted by Gasteiger charge is 2.14. The summed E-state index contributed by atoms with van der Waals surface area (Å²) in [6, 6.07) is 9.48. The van der Waals surface area contributed by atoms with Crippen LogP contribution in [0.3, 0.4) is 0 Å². The number of hydrogen-bond donors (Lipinski definition) is 1. The molecule has 114 valence electrons. The lowest BCUT2D eigenvalue weighted by Gasteiger charge is -2.06. The minimum absolute atomic E-state index is 0.248. The van der Waals surface area contributed by atoms with Crippen LogP contribution in [-0.4, -0.2) is 29.3 Å². The van der Waals surface area contributed by atoms with Gasteiger partial charge in [0.05, 0.1) is 11.6 Å². The van der Waals surface area contributed by atoms with E-state index < -0.39 is 6.10 Å². The third-order valence-electron chi connectivity index (χ3n) is 2.80. The molecule has 1 aromatic carbocycles. The first kappa shape index (κ1) is 16.4. The predicted octanol–water partition coefficient (Wildman–Crippen LogP) is 2.68. The smallest absolute Gasteiger partial charge is 0.255 e. The summed E-state index contributed by atoms with van der Waals surface area (Å²) in [7, 11) is 1.48. The van der Waals surface area contributed by atoms with E-state index in [1.54, 1.807) is 19.1 Å². The summed E-state index contributed by atoms with van der Waals surface area (Å²) >= 11 is 2.85. The molecule has 0 aliphatic heterocycles. The summed E-state index contributed by atoms with van der Waals surface area (Å²) in [6.45, 7) is 1.66. The van der Waals surface area contributed by atoms with Gasteiger partial charge in [-0.05, 0) is 24.6 Å². The number of nitrogens with zero attached hydrogens (tertiary/aromatic N) is 3. The zero-order valence-corrected chi connectivity index (χ0v) is 13.7. The Hall–Kier alpha value is -1.95. The van der Waals surface area contributed by atoms with Crippen molar-refractivity contribution >= 4 is 34.1 Å². The van der Waals surface area contributed by atoms with Gasteiger partial charge in [-0.1, -0.05) is 35.2 Å². The third kappa shape index (κ3) is 4.53. The lowest BCUT2D eigenvalue weighted by molar-refractivity contribution is -0.124. The molecule has 2 rings (SSSR count). The number of nitriles is 1. The van der Waals surface area contributed by atoms with Crippen LogP contribution in [0.4, 0.5) is 5.13 Å². The van der Waals surface area contributed by atoms with E-state index in [0.717, 1.165) is 15.7 Å². The van der Waals surface area contributed by atoms with Crippen LogP contribution in [0.1, 0.15) is 18.1 Å². The Morgan fingerprint density at radius 1 is 1.45 bits per heavy atom. The van der Waals surface area contributed by atoms with Crippen LogP contribution >= 0.6 is 23.1 Å². The summed E-state index contributed by atoms with van der Waals surface area (Å²) < 4.78 is 5.70. The molecule has 0 bridgehead atoms. The van der Waals surface area contributed by atoms with E-state index in [1.165, 1.54) is 30.2 Å². The van der Waals surface area contributed by atoms with Crippen molar-refractivity contribution in [2.75, 3.05) is 12.4 Å². The van der Waals surface area contributed by atoms with E-state index >= 15 is 0 Å². The van der Waals surface area contributed by atoms with Crippen LogP contribution in [0.2, 0.25) is 0 Å². The number of carbonyl (C=O) groups is 1. The lowest BCUT2D eigenvalue weighted by Crippen LogP contribution is -2.26. The van der Waals surface area contributed by atoms with Crippen LogP contribution in [0.25, 0.3) is 0 Å². The zero-order chi connectivity index (χ0) is 15.9. The molecule has 0 aliphatic carbocycles. The maximum absolute atomic E-state index is 11.7. The Morgan fingerprint density at radius 3 is 2.82 bits per heavy atom. The number of hydrogen-bond acceptors (Lipinski definition) is 7. The number of benzene rings is 1. The standard InChI is InChI=1S/C14H14N4O2S2/c1-9(20-2)12(19)16-13-17-18-14(22-13)21-8-11-5-3-10(7-15)4-6-11/h3-6,9H,8H2,1-2H3,(H,16,17,19)/t9-/m0/s1. The van der Waals surface area contributed by atoms with Crippen LogP contribution in [0, 0.1) is 11.3 Å². The molecule has 1 atom stereocenters. The van der Waals surface area contributed by atoms with Gasteiger partial charge in [0.1, 0.15) is 6.10 Å². The second kappa shape index (κ2) is 7.89. The predicted molar refractivity (Wildman–Crippen MR) is 85.7 cm³/mol. The highest BCUT2D eigenvalue weighted by atomic mass is 32.2. The average molecular weight is 334 g/mol. The van der Waals surface area contributed by atoms with Gasteiger partial charge in [0, 0.05) is 12.9 Å². The van der Waals surface area contributed by atoms with Crippen molar-refractivity contribution in [2.45, 2.75) is 23.1 Å². The normalized spacial score (nSPS) is 11.7. The van der Waals surface area contributed by atoms with Crippen molar-refractivity contribution in [3.8, 4) is 6.07 Å². The van der Waals surface area contributed by atoms with Crippen molar-refractivity contribution in [3.63, 3.8) is 0 Å². The summed E-state index contributed by atoms with van der Waals surface area (Å²) in [5.41, 5.74) is 1.74. The fourth-order valence-corrected chi connectivity index (χ4v) is 3.16. The van der Waals surface area contributed by atoms with Gasteiger partial charge in [0.2, 0.25) is 5.13 Å². The largest absolute Gasteiger partial charge is 0.372 e. The number of rotatable bonds is 6. The van der Waals surface area contributed by atoms with Gasteiger partial charge >= 0.3 is 0 Å². The fourth-order valence-electron chi connectivity index (χ4n) is 1.45. The highest BCUT2D eigenvalue weighted by molar-refractivity contribution is 8.00. The minimum atomic E-state index is -0.529. The van der Waals surface area contributed by atoms with E-state index in [1.807, 2.05) is 12.1 Å². The molecule has 1 N–H and O–H groups in total. The van der Waals surface area contributed by atoms with E-state index in [2.05, 4.69) is 21.6 Å². The number of thioether (sulfide) groups is 1. The Balaban J connectivity index is 1.89. The van der Waals surface area contributed by atoms with Gasteiger partial charge in [0.25, 0.3) is 5.91 Å². The van der Waals surface area contributed by atoms with Gasteiger partial charge in [-0.15, -0.1) is 10.2 Å². The zero-order valence-electron chi connectivity index (χ0n) is 12.1. The topological polar surface area (TPSA) is 87.9 Å². The van der Waals surface area contributed by atoms with E-state index in [0.29, 0.717) is 10.7 Å². The molecule has 0 fully saturated rings. The first-order valence-corrected chi connectivity index (χ1v) is 8.21. The van der Waals surface area contributed by atoms with Gasteiger partial charge in [0.15, 0.2) is 4.34 Å². The number of aromatic nitrogens is 2. The number of ether oxygens (including phenoxy) is 1. The molecule has 22 heavy (non-hydrogen) atoms. The lowest BCUT2D eigenvalue weighted by atomic mass is 10.2. The van der Waals surface area contributed by atoms with Crippen LogP contribution in [0.5, 0.6) is 0 Å². The van der Waals surface area contributed by atoms with Gasteiger partial charge in [-0.3, -0.25) is 10.1 Å². The van der Waals surface area contributed by atoms with Crippen molar-refractivity contribution in [2.24, 2.45) is 0 Å². The third-order valence-corrected chi connectivity index (χ3v) is 4.85. The quantitative estimate of drug-likeness (QED) is 0.645. The summed E-state index contributed by atoms with van der Waals surface area (Å²) in [6.07, 6.45) is -0.529. The van der Waals surface area contributed by atoms with Gasteiger partial charge in [-0.2, -0.15) is 5.26 Å². The first-order valence-electron chi connectivity index (χ1n) is 6.41. The van der Waals surface area contributed by atoms with Crippen LogP contribution in [-0.2, 0) is 15.3 Å². The highest BCUT2D eigenvalue weighted by Crippen LogP contribution is 2.28. The fraction of sp³-hybridized carbons (Fsp3) is 0.286. The molecule has 0 saturated carbocycles. The number of anilines is 1. The summed E-state index contributed by atoms with van der Waals surface area (Å²) in [5.74, 6) is 0.477. The van der Waals surface area contributed by atoms with Gasteiger partial charge < -0.3 is 4.74 Å². The molecule has 0 aliphatic rings. The molecular formula is C14H14N4O2S2. The Bertz CT molecular complexity index is 679. The van der Waals surface area contributed by atoms with Crippen molar-refractivity contribution < 1.29 is 9.53 Å². The summed E-state index contributed by atoms with van der Waals surface area (Å²) in [4.78, 5) is 11.7. The molecule has 8 heteroatoms. The minimum Gasteiger partial charge on any atom is -0.372 e. The maximum Gasteiger partial charge on any atom is 0.255 e. The molecular weight excluding hydrogens is 320 g/mol. The van der Waals surface area contributed by atoms with Crippen LogP contribution in [0.15, 0.2) is 28.6 Å². The first-order chi connectivity index (χ1) is 10.6. The SMILES string of the molecule is CO[C@@H](C)C(=O)Nc1nnc(SCc2ccc(C#N)cc2)s1. The molecule has 0 unspecified atom stereocenters. The Kier molecular flexibility index (Phi) is 5.89. The molecule has 2 aromatic rings. The number of nitrogens with one attached hydrogen (secondary N) is 1. The maximum atomic E-state index is 11.7. The van der Waals surface area contributed by atoms with Crippen molar-refractivity contribution in [1.29, 1.82) is 5.26 Å². The molecule has 0 saturated heterocycles. The van der Waals surface area contributed by atoms with Crippen LogP contribution < -0.4 is 5.32 Å². The molecule has 1 aromatic heterocycles. The Labute approximate surface area is 136 Å². The average Bonchev–Trinajstić information content (AvgIpc) is 3.00. The van der Waals surface area contributed by atoms with E-state index in [-0.39, 0.29) is 5.91 Å². The molecule has 0 spiro atoms. The van der Waals surface area contributed by atoms with E-state index in [4.69, 9.17) is 10.00 Å². The second-order valence-electron chi connectivity index (χ2n) is 4.34. The molecule has 0 radical (unpaired) electrons. The number of methoxy groups -OCH3 is 1. The molecule has 1 amide bonds. The van der Waals surface area contributed by atoms with Crippen molar-refractivity contribution in [3.05, 3.63) is 35.4 Å². The molecule has 1 heterocycles. The summed E-state index contributed by atoms with van der Waals surface area (Å²) in [5, 5.41) is 19.8. The second-order valence-corrected chi connectivity index (χ2v) is 6.54. The Morgan fingerprint density at radius 2 is 2.18 bits per heavy atom. The van der Waals surface area contributed by atoms with Crippen molar-refractivity contribution in [1.82, 2.24) is 10.2 Å².